The van der Waals surface area contributed by atoms with E-state index >= 15 is 0 Å². The lowest BCUT2D eigenvalue weighted by molar-refractivity contribution is 0.282. The van der Waals surface area contributed by atoms with E-state index in [0.717, 1.165) is 6.42 Å². The van der Waals surface area contributed by atoms with Crippen molar-refractivity contribution in [3.05, 3.63) is 17.9 Å². The van der Waals surface area contributed by atoms with Crippen LogP contribution < -0.4 is 5.38 Å². The zero-order valence-corrected chi connectivity index (χ0v) is 18.8. The van der Waals surface area contributed by atoms with E-state index in [1.807, 2.05) is 6.26 Å². The number of unbranched alkanes of at least 4 members (excludes halogenated alkanes) is 10. The van der Waals surface area contributed by atoms with Gasteiger partial charge in [0.2, 0.25) is 0 Å². The molecule has 1 aromatic heterocycles. The van der Waals surface area contributed by atoms with E-state index in [9.17, 15) is 0 Å². The Morgan fingerprint density at radius 3 is 1.65 bits per heavy atom. The fraction of sp³-hybridized carbons (Fsp3) is 0.826. The van der Waals surface area contributed by atoms with Crippen molar-refractivity contribution in [1.82, 2.24) is 0 Å². The molecule has 2 nitrogen and oxygen atoms in total. The summed E-state index contributed by atoms with van der Waals surface area (Å²) >= 11 is 0. The van der Waals surface area contributed by atoms with Crippen molar-refractivity contribution in [3.8, 4) is 0 Å². The third-order valence-electron chi connectivity index (χ3n) is 6.36. The van der Waals surface area contributed by atoms with Gasteiger partial charge in [-0.2, -0.15) is 0 Å². The molecule has 0 aromatic carbocycles. The van der Waals surface area contributed by atoms with Gasteiger partial charge in [0, 0.05) is 6.61 Å². The van der Waals surface area contributed by atoms with Gasteiger partial charge in [0.25, 0.3) is 0 Å². The molecular formula is C23H44O2Si. The van der Waals surface area contributed by atoms with Gasteiger partial charge >= 0.3 is 0 Å². The maximum atomic E-state index is 8.76. The van der Waals surface area contributed by atoms with Crippen LogP contribution in [0.2, 0.25) is 18.1 Å². The number of aliphatic hydroxyl groups excluding tert-OH is 1. The summed E-state index contributed by atoms with van der Waals surface area (Å²) in [6.07, 6.45) is 17.6. The van der Waals surface area contributed by atoms with Gasteiger partial charge in [0.05, 0.1) is 11.6 Å². The van der Waals surface area contributed by atoms with Crippen LogP contribution in [0, 0.1) is 0 Å². The summed E-state index contributed by atoms with van der Waals surface area (Å²) in [4.78, 5) is 0. The minimum absolute atomic E-state index is 0.360. The maximum Gasteiger partial charge on any atom is 0.131 e. The van der Waals surface area contributed by atoms with Gasteiger partial charge in [-0.15, -0.1) is 0 Å². The van der Waals surface area contributed by atoms with Crippen molar-refractivity contribution < 1.29 is 9.52 Å². The van der Waals surface area contributed by atoms with Crippen LogP contribution in [0.4, 0.5) is 0 Å². The van der Waals surface area contributed by atoms with E-state index in [-0.39, 0.29) is 0 Å². The lowest BCUT2D eigenvalue weighted by atomic mass is 10.0. The number of furan rings is 1. The molecule has 1 heterocycles. The van der Waals surface area contributed by atoms with Gasteiger partial charge < -0.3 is 9.52 Å². The molecule has 0 spiro atoms. The number of aryl methyl sites for hydroxylation is 1. The molecule has 1 aromatic rings. The number of hydrogen-bond donors (Lipinski definition) is 1. The zero-order chi connectivity index (χ0) is 19.1. The molecule has 0 saturated heterocycles. The van der Waals surface area contributed by atoms with Crippen molar-refractivity contribution in [3.63, 3.8) is 0 Å². The summed E-state index contributed by atoms with van der Waals surface area (Å²) < 4.78 is 6.01. The molecule has 0 aliphatic carbocycles. The Kier molecular flexibility index (Phi) is 13.1. The highest BCUT2D eigenvalue weighted by atomic mass is 28.3. The molecule has 0 aliphatic heterocycles. The highest BCUT2D eigenvalue weighted by Gasteiger charge is 2.34. The Bertz CT molecular complexity index is 429. The summed E-state index contributed by atoms with van der Waals surface area (Å²) in [7, 11) is -1.37. The molecule has 26 heavy (non-hydrogen) atoms. The Labute approximate surface area is 163 Å². The first-order valence-corrected chi connectivity index (χ1v) is 14.0. The molecule has 0 atom stereocenters. The molecule has 0 aliphatic rings. The topological polar surface area (TPSA) is 33.4 Å². The number of rotatable bonds is 17. The van der Waals surface area contributed by atoms with Crippen LogP contribution in [0.5, 0.6) is 0 Å². The van der Waals surface area contributed by atoms with E-state index in [1.165, 1.54) is 99.7 Å². The van der Waals surface area contributed by atoms with Crippen molar-refractivity contribution in [2.24, 2.45) is 0 Å². The van der Waals surface area contributed by atoms with Crippen LogP contribution in [0.15, 0.2) is 16.7 Å². The smallest absolute Gasteiger partial charge is 0.131 e. The fourth-order valence-corrected chi connectivity index (χ4v) is 7.92. The largest absolute Gasteiger partial charge is 0.474 e. The Morgan fingerprint density at radius 2 is 1.19 bits per heavy atom. The zero-order valence-electron chi connectivity index (χ0n) is 17.8. The maximum absolute atomic E-state index is 8.76. The van der Waals surface area contributed by atoms with Crippen molar-refractivity contribution in [1.29, 1.82) is 0 Å². The van der Waals surface area contributed by atoms with Gasteiger partial charge in [0.1, 0.15) is 8.07 Å². The molecule has 0 amide bonds. The normalized spacial score (nSPS) is 12.0. The molecule has 152 valence electrons. The molecule has 0 saturated carbocycles. The standard InChI is InChI=1S/C23H44O2Si/c1-4-26(5-2,6-3)23-22(19-21-25-23)18-16-14-12-10-8-7-9-11-13-15-17-20-24/h19,21,24H,4-18,20H2,1-3H3. The van der Waals surface area contributed by atoms with Crippen LogP contribution in [-0.4, -0.2) is 19.8 Å². The predicted octanol–water partition coefficient (Wildman–Crippen LogP) is 6.82. The SMILES string of the molecule is CC[Si](CC)(CC)c1occc1CCCCCCCCCCCCCO. The Balaban J connectivity index is 2.13. The van der Waals surface area contributed by atoms with Crippen molar-refractivity contribution in [2.75, 3.05) is 6.61 Å². The van der Waals surface area contributed by atoms with Gasteiger partial charge in [-0.25, -0.2) is 0 Å². The summed E-state index contributed by atoms with van der Waals surface area (Å²) in [5.74, 6) is 0. The van der Waals surface area contributed by atoms with Gasteiger partial charge in [-0.3, -0.25) is 0 Å². The van der Waals surface area contributed by atoms with Crippen molar-refractivity contribution in [2.45, 2.75) is 116 Å². The van der Waals surface area contributed by atoms with Crippen LogP contribution >= 0.6 is 0 Å². The Morgan fingerprint density at radius 1 is 0.731 bits per heavy atom. The molecular weight excluding hydrogens is 336 g/mol. The second-order valence-corrected chi connectivity index (χ2v) is 13.1. The van der Waals surface area contributed by atoms with E-state index < -0.39 is 8.07 Å². The fourth-order valence-electron chi connectivity index (χ4n) is 4.25. The first kappa shape index (κ1) is 23.5. The minimum atomic E-state index is -1.37. The van der Waals surface area contributed by atoms with Crippen LogP contribution in [0.3, 0.4) is 0 Å². The van der Waals surface area contributed by atoms with E-state index in [1.54, 1.807) is 0 Å². The highest BCUT2D eigenvalue weighted by Crippen LogP contribution is 2.23. The monoisotopic (exact) mass is 380 g/mol. The van der Waals surface area contributed by atoms with E-state index in [4.69, 9.17) is 9.52 Å². The summed E-state index contributed by atoms with van der Waals surface area (Å²) in [6, 6.07) is 6.16. The molecule has 0 bridgehead atoms. The molecule has 0 unspecified atom stereocenters. The van der Waals surface area contributed by atoms with Gasteiger partial charge in [-0.1, -0.05) is 96.7 Å². The molecule has 3 heteroatoms. The van der Waals surface area contributed by atoms with Crippen molar-refractivity contribution >= 4 is 13.5 Å². The summed E-state index contributed by atoms with van der Waals surface area (Å²) in [5, 5.41) is 10.2. The van der Waals surface area contributed by atoms with Gasteiger partial charge in [0.15, 0.2) is 0 Å². The average molecular weight is 381 g/mol. The average Bonchev–Trinajstić information content (AvgIpc) is 3.14. The van der Waals surface area contributed by atoms with E-state index in [2.05, 4.69) is 26.8 Å². The summed E-state index contributed by atoms with van der Waals surface area (Å²) in [5.41, 5.74) is 1.52. The number of hydrogen-bond acceptors (Lipinski definition) is 2. The van der Waals surface area contributed by atoms with Crippen LogP contribution in [0.1, 0.15) is 97.0 Å². The Hall–Kier alpha value is -0.543. The van der Waals surface area contributed by atoms with Gasteiger partial charge in [-0.05, 0) is 30.9 Å². The highest BCUT2D eigenvalue weighted by molar-refractivity contribution is 6.91. The lowest BCUT2D eigenvalue weighted by Crippen LogP contribution is -2.46. The lowest BCUT2D eigenvalue weighted by Gasteiger charge is -2.26. The minimum Gasteiger partial charge on any atom is -0.474 e. The third-order valence-corrected chi connectivity index (χ3v) is 11.8. The molecule has 1 N–H and O–H groups in total. The second-order valence-electron chi connectivity index (χ2n) is 7.98. The first-order valence-electron chi connectivity index (χ1n) is 11.4. The quantitative estimate of drug-likeness (QED) is 0.237. The molecule has 0 radical (unpaired) electrons. The van der Waals surface area contributed by atoms with Crippen LogP contribution in [-0.2, 0) is 6.42 Å². The predicted molar refractivity (Wildman–Crippen MR) is 117 cm³/mol. The number of aliphatic hydroxyl groups is 1. The van der Waals surface area contributed by atoms with E-state index in [0.29, 0.717) is 6.61 Å². The van der Waals surface area contributed by atoms with Crippen LogP contribution in [0.25, 0.3) is 0 Å². The molecule has 1 rings (SSSR count). The molecule has 0 fully saturated rings. The second kappa shape index (κ2) is 14.5. The summed E-state index contributed by atoms with van der Waals surface area (Å²) in [6.45, 7) is 7.44. The first-order chi connectivity index (χ1) is 12.7. The third kappa shape index (κ3) is 8.00.